The first-order valence-corrected chi connectivity index (χ1v) is 8.97. The van der Waals surface area contributed by atoms with Crippen LogP contribution in [0.2, 0.25) is 0 Å². The summed E-state index contributed by atoms with van der Waals surface area (Å²) < 4.78 is 2.69. The van der Waals surface area contributed by atoms with Gasteiger partial charge in [0.1, 0.15) is 0 Å². The maximum atomic E-state index is 13.0. The van der Waals surface area contributed by atoms with E-state index in [1.165, 1.54) is 0 Å². The van der Waals surface area contributed by atoms with E-state index in [4.69, 9.17) is 0 Å². The predicted molar refractivity (Wildman–Crippen MR) is 98.4 cm³/mol. The van der Waals surface area contributed by atoms with E-state index in [-0.39, 0.29) is 5.91 Å². The number of hydrogen-bond donors (Lipinski definition) is 0. The van der Waals surface area contributed by atoms with Gasteiger partial charge in [-0.05, 0) is 47.5 Å². The Morgan fingerprint density at radius 1 is 1.28 bits per heavy atom. The molecular weight excluding hydrogens is 382 g/mol. The summed E-state index contributed by atoms with van der Waals surface area (Å²) in [5, 5.41) is 5.35. The molecule has 1 amide bonds. The number of aromatic nitrogens is 4. The SMILES string of the molecule is Cc1nn(C)c(C)c1C(=O)N1CCc2nc3ncc(Br)cc3cc2C1. The van der Waals surface area contributed by atoms with Crippen LogP contribution in [0.1, 0.15) is 33.0 Å². The Kier molecular flexibility index (Phi) is 3.83. The lowest BCUT2D eigenvalue weighted by Crippen LogP contribution is -2.36. The van der Waals surface area contributed by atoms with Crippen molar-refractivity contribution in [1.82, 2.24) is 24.6 Å². The van der Waals surface area contributed by atoms with Crippen LogP contribution in [0.4, 0.5) is 0 Å². The average Bonchev–Trinajstić information content (AvgIpc) is 2.84. The first-order valence-electron chi connectivity index (χ1n) is 8.17. The molecule has 0 saturated heterocycles. The Balaban J connectivity index is 1.69. The van der Waals surface area contributed by atoms with Gasteiger partial charge in [-0.25, -0.2) is 9.97 Å². The van der Waals surface area contributed by atoms with Gasteiger partial charge >= 0.3 is 0 Å². The Morgan fingerprint density at radius 2 is 2.08 bits per heavy atom. The van der Waals surface area contributed by atoms with Crippen molar-refractivity contribution >= 4 is 32.9 Å². The molecule has 6 nitrogen and oxygen atoms in total. The number of carbonyl (C=O) groups excluding carboxylic acids is 1. The number of fused-ring (bicyclic) bond motifs is 2. The topological polar surface area (TPSA) is 63.9 Å². The van der Waals surface area contributed by atoms with E-state index in [2.05, 4.69) is 37.1 Å². The van der Waals surface area contributed by atoms with Crippen LogP contribution in [-0.2, 0) is 20.0 Å². The summed E-state index contributed by atoms with van der Waals surface area (Å²) in [6, 6.07) is 4.10. The van der Waals surface area contributed by atoms with Gasteiger partial charge in [-0.15, -0.1) is 0 Å². The zero-order chi connectivity index (χ0) is 17.7. The molecular formula is C18H18BrN5O. The molecule has 4 heterocycles. The van der Waals surface area contributed by atoms with Crippen LogP contribution >= 0.6 is 15.9 Å². The van der Waals surface area contributed by atoms with Crippen LogP contribution < -0.4 is 0 Å². The molecule has 0 fully saturated rings. The smallest absolute Gasteiger partial charge is 0.257 e. The molecule has 1 aliphatic heterocycles. The second-order valence-electron chi connectivity index (χ2n) is 6.44. The van der Waals surface area contributed by atoms with Gasteiger partial charge in [0.25, 0.3) is 5.91 Å². The summed E-state index contributed by atoms with van der Waals surface area (Å²) in [7, 11) is 1.87. The minimum absolute atomic E-state index is 0.0428. The van der Waals surface area contributed by atoms with Gasteiger partial charge in [0.05, 0.1) is 11.3 Å². The van der Waals surface area contributed by atoms with Crippen molar-refractivity contribution in [2.24, 2.45) is 7.05 Å². The third-order valence-corrected chi connectivity index (χ3v) is 5.23. The first kappa shape index (κ1) is 16.2. The Morgan fingerprint density at radius 3 is 2.80 bits per heavy atom. The minimum Gasteiger partial charge on any atom is -0.334 e. The first-order chi connectivity index (χ1) is 11.9. The van der Waals surface area contributed by atoms with Crippen molar-refractivity contribution < 1.29 is 4.79 Å². The van der Waals surface area contributed by atoms with Gasteiger partial charge in [-0.1, -0.05) is 0 Å². The maximum Gasteiger partial charge on any atom is 0.257 e. The van der Waals surface area contributed by atoms with Crippen LogP contribution in [0.3, 0.4) is 0 Å². The molecule has 0 saturated carbocycles. The van der Waals surface area contributed by atoms with Crippen LogP contribution in [-0.4, -0.2) is 37.1 Å². The number of pyridine rings is 2. The molecule has 0 unspecified atom stereocenters. The maximum absolute atomic E-state index is 13.0. The summed E-state index contributed by atoms with van der Waals surface area (Å²) >= 11 is 3.45. The zero-order valence-corrected chi connectivity index (χ0v) is 16.0. The van der Waals surface area contributed by atoms with E-state index >= 15 is 0 Å². The second-order valence-corrected chi connectivity index (χ2v) is 7.36. The Bertz CT molecular complexity index is 1010. The minimum atomic E-state index is 0.0428. The fourth-order valence-electron chi connectivity index (χ4n) is 3.41. The molecule has 0 bridgehead atoms. The van der Waals surface area contributed by atoms with Gasteiger partial charge in [0, 0.05) is 54.0 Å². The second kappa shape index (κ2) is 5.91. The highest BCUT2D eigenvalue weighted by molar-refractivity contribution is 9.10. The highest BCUT2D eigenvalue weighted by atomic mass is 79.9. The number of rotatable bonds is 1. The molecule has 3 aromatic rings. The van der Waals surface area contributed by atoms with Crippen molar-refractivity contribution in [3.05, 3.63) is 51.0 Å². The van der Waals surface area contributed by atoms with E-state index in [0.29, 0.717) is 18.7 Å². The van der Waals surface area contributed by atoms with Crippen LogP contribution in [0.5, 0.6) is 0 Å². The van der Waals surface area contributed by atoms with Gasteiger partial charge < -0.3 is 4.90 Å². The molecule has 0 N–H and O–H groups in total. The van der Waals surface area contributed by atoms with Gasteiger partial charge in [-0.2, -0.15) is 5.10 Å². The number of halogens is 1. The van der Waals surface area contributed by atoms with E-state index in [1.807, 2.05) is 31.9 Å². The molecule has 0 spiro atoms. The number of nitrogens with zero attached hydrogens (tertiary/aromatic N) is 5. The van der Waals surface area contributed by atoms with E-state index in [9.17, 15) is 4.79 Å². The lowest BCUT2D eigenvalue weighted by molar-refractivity contribution is 0.0732. The van der Waals surface area contributed by atoms with Crippen LogP contribution in [0.25, 0.3) is 11.0 Å². The van der Waals surface area contributed by atoms with Gasteiger partial charge in [0.15, 0.2) is 5.65 Å². The monoisotopic (exact) mass is 399 g/mol. The van der Waals surface area contributed by atoms with Crippen molar-refractivity contribution in [3.8, 4) is 0 Å². The van der Waals surface area contributed by atoms with Crippen molar-refractivity contribution in [3.63, 3.8) is 0 Å². The summed E-state index contributed by atoms with van der Waals surface area (Å²) in [6.07, 6.45) is 2.50. The molecule has 0 aliphatic carbocycles. The lowest BCUT2D eigenvalue weighted by atomic mass is 10.0. The largest absolute Gasteiger partial charge is 0.334 e. The quantitative estimate of drug-likeness (QED) is 0.630. The normalized spacial score (nSPS) is 14.0. The number of hydrogen-bond acceptors (Lipinski definition) is 4. The summed E-state index contributed by atoms with van der Waals surface area (Å²) in [5.41, 5.74) is 5.26. The summed E-state index contributed by atoms with van der Waals surface area (Å²) in [4.78, 5) is 23.9. The van der Waals surface area contributed by atoms with Crippen molar-refractivity contribution in [1.29, 1.82) is 0 Å². The lowest BCUT2D eigenvalue weighted by Gasteiger charge is -2.28. The van der Waals surface area contributed by atoms with Crippen molar-refractivity contribution in [2.75, 3.05) is 6.54 Å². The van der Waals surface area contributed by atoms with Crippen LogP contribution in [0, 0.1) is 13.8 Å². The third-order valence-electron chi connectivity index (χ3n) is 4.79. The highest BCUT2D eigenvalue weighted by Crippen LogP contribution is 2.25. The molecule has 3 aromatic heterocycles. The molecule has 4 rings (SSSR count). The average molecular weight is 400 g/mol. The van der Waals surface area contributed by atoms with E-state index in [1.54, 1.807) is 10.9 Å². The van der Waals surface area contributed by atoms with Gasteiger partial charge in [0.2, 0.25) is 0 Å². The molecule has 0 aromatic carbocycles. The molecule has 0 atom stereocenters. The summed E-state index contributed by atoms with van der Waals surface area (Å²) in [6.45, 7) is 5.05. The molecule has 25 heavy (non-hydrogen) atoms. The van der Waals surface area contributed by atoms with Crippen molar-refractivity contribution in [2.45, 2.75) is 26.8 Å². The van der Waals surface area contributed by atoms with E-state index in [0.717, 1.165) is 44.6 Å². The standard InChI is InChI=1S/C18H18BrN5O/c1-10-16(11(2)23(3)22-10)18(25)24-5-4-15-13(9-24)6-12-7-14(19)8-20-17(12)21-15/h6-8H,4-5,9H2,1-3H3. The number of aryl methyl sites for hydroxylation is 2. The third kappa shape index (κ3) is 2.72. The molecule has 7 heteroatoms. The fourth-order valence-corrected chi connectivity index (χ4v) is 3.76. The molecule has 128 valence electrons. The summed E-state index contributed by atoms with van der Waals surface area (Å²) in [5.74, 6) is 0.0428. The zero-order valence-electron chi connectivity index (χ0n) is 14.4. The Hall–Kier alpha value is -2.28. The van der Waals surface area contributed by atoms with E-state index < -0.39 is 0 Å². The molecule has 0 radical (unpaired) electrons. The number of amides is 1. The predicted octanol–water partition coefficient (Wildman–Crippen LogP) is 2.94. The Labute approximate surface area is 154 Å². The number of carbonyl (C=O) groups is 1. The van der Waals surface area contributed by atoms with Crippen LogP contribution in [0.15, 0.2) is 22.8 Å². The molecule has 1 aliphatic rings. The van der Waals surface area contributed by atoms with Gasteiger partial charge in [-0.3, -0.25) is 9.48 Å². The highest BCUT2D eigenvalue weighted by Gasteiger charge is 2.27. The fraction of sp³-hybridized carbons (Fsp3) is 0.333.